The summed E-state index contributed by atoms with van der Waals surface area (Å²) in [7, 11) is 4.57. The summed E-state index contributed by atoms with van der Waals surface area (Å²) in [5, 5.41) is 3.21. The van der Waals surface area contributed by atoms with Gasteiger partial charge in [-0.1, -0.05) is 18.2 Å². The van der Waals surface area contributed by atoms with Crippen LogP contribution in [0.25, 0.3) is 0 Å². The van der Waals surface area contributed by atoms with E-state index in [0.717, 1.165) is 30.4 Å². The fourth-order valence-electron chi connectivity index (χ4n) is 4.44. The van der Waals surface area contributed by atoms with Crippen LogP contribution in [0, 0.1) is 0 Å². The molecule has 1 atom stereocenters. The molecule has 2 aliphatic heterocycles. The Morgan fingerprint density at radius 3 is 2.40 bits per heavy atom. The van der Waals surface area contributed by atoms with Gasteiger partial charge in [-0.25, -0.2) is 0 Å². The molecule has 1 saturated heterocycles. The first-order chi connectivity index (χ1) is 14.5. The zero-order valence-electron chi connectivity index (χ0n) is 17.5. The highest BCUT2D eigenvalue weighted by Crippen LogP contribution is 2.39. The van der Waals surface area contributed by atoms with Crippen molar-refractivity contribution in [1.29, 1.82) is 0 Å². The number of benzene rings is 2. The van der Waals surface area contributed by atoms with Crippen molar-refractivity contribution >= 4 is 11.8 Å². The van der Waals surface area contributed by atoms with Crippen molar-refractivity contribution < 1.29 is 23.8 Å². The highest BCUT2D eigenvalue weighted by Gasteiger charge is 2.43. The number of carbonyl (C=O) groups excluding carboxylic acids is 2. The lowest BCUT2D eigenvalue weighted by Crippen LogP contribution is -2.50. The van der Waals surface area contributed by atoms with E-state index in [-0.39, 0.29) is 11.8 Å². The third-order valence-electron chi connectivity index (χ3n) is 6.07. The predicted octanol–water partition coefficient (Wildman–Crippen LogP) is 2.67. The van der Waals surface area contributed by atoms with Gasteiger partial charge in [-0.2, -0.15) is 0 Å². The normalized spacial score (nSPS) is 20.4. The summed E-state index contributed by atoms with van der Waals surface area (Å²) < 4.78 is 16.1. The summed E-state index contributed by atoms with van der Waals surface area (Å²) in [4.78, 5) is 27.8. The van der Waals surface area contributed by atoms with Crippen molar-refractivity contribution in [3.05, 3.63) is 53.1 Å². The average Bonchev–Trinajstić information content (AvgIpc) is 3.13. The molecular formula is C23H26N2O5. The van der Waals surface area contributed by atoms with Crippen molar-refractivity contribution in [2.24, 2.45) is 0 Å². The van der Waals surface area contributed by atoms with Crippen LogP contribution in [0.5, 0.6) is 17.2 Å². The average molecular weight is 410 g/mol. The van der Waals surface area contributed by atoms with Crippen LogP contribution in [0.2, 0.25) is 0 Å². The van der Waals surface area contributed by atoms with Crippen molar-refractivity contribution in [1.82, 2.24) is 10.2 Å². The summed E-state index contributed by atoms with van der Waals surface area (Å²) in [6.45, 7) is 1.05. The molecule has 0 aromatic heterocycles. The fourth-order valence-corrected chi connectivity index (χ4v) is 4.44. The number of likely N-dealkylation sites (tertiary alicyclic amines) is 1. The SMILES string of the molecule is COc1cc(C(=O)N2CC[C@@]3(CCc4ccccc4C(=O)N3)C2)cc(OC)c1OC. The van der Waals surface area contributed by atoms with Crippen molar-refractivity contribution in [3.63, 3.8) is 0 Å². The van der Waals surface area contributed by atoms with Crippen LogP contribution in [-0.4, -0.2) is 56.7 Å². The van der Waals surface area contributed by atoms with Crippen LogP contribution < -0.4 is 19.5 Å². The van der Waals surface area contributed by atoms with Crippen LogP contribution in [0.1, 0.15) is 39.1 Å². The minimum atomic E-state index is -0.410. The van der Waals surface area contributed by atoms with Gasteiger partial charge in [0.15, 0.2) is 11.5 Å². The Balaban J connectivity index is 1.56. The van der Waals surface area contributed by atoms with Crippen LogP contribution >= 0.6 is 0 Å². The first-order valence-corrected chi connectivity index (χ1v) is 10.00. The molecule has 4 rings (SSSR count). The summed E-state index contributed by atoms with van der Waals surface area (Å²) >= 11 is 0. The van der Waals surface area contributed by atoms with Gasteiger partial charge in [0.2, 0.25) is 5.75 Å². The van der Waals surface area contributed by atoms with Gasteiger partial charge in [-0.15, -0.1) is 0 Å². The fraction of sp³-hybridized carbons (Fsp3) is 0.391. The summed E-state index contributed by atoms with van der Waals surface area (Å²) in [6, 6.07) is 11.0. The topological polar surface area (TPSA) is 77.1 Å². The second-order valence-corrected chi connectivity index (χ2v) is 7.78. The molecule has 1 N–H and O–H groups in total. The maximum atomic E-state index is 13.3. The number of amides is 2. The zero-order chi connectivity index (χ0) is 21.3. The van der Waals surface area contributed by atoms with E-state index in [0.29, 0.717) is 35.9 Å². The molecule has 7 heteroatoms. The molecule has 30 heavy (non-hydrogen) atoms. The molecule has 0 radical (unpaired) electrons. The molecule has 0 aliphatic carbocycles. The first kappa shape index (κ1) is 20.1. The number of ether oxygens (including phenoxy) is 3. The quantitative estimate of drug-likeness (QED) is 0.839. The second-order valence-electron chi connectivity index (χ2n) is 7.78. The number of nitrogens with zero attached hydrogens (tertiary/aromatic N) is 1. The molecule has 0 saturated carbocycles. The number of carbonyl (C=O) groups is 2. The van der Waals surface area contributed by atoms with Crippen LogP contribution in [0.3, 0.4) is 0 Å². The third kappa shape index (κ3) is 3.44. The highest BCUT2D eigenvalue weighted by molar-refractivity contribution is 5.98. The van der Waals surface area contributed by atoms with E-state index in [1.54, 1.807) is 17.0 Å². The second kappa shape index (κ2) is 7.89. The van der Waals surface area contributed by atoms with Gasteiger partial charge in [0.1, 0.15) is 0 Å². The lowest BCUT2D eigenvalue weighted by Gasteiger charge is -2.29. The standard InChI is InChI=1S/C23H26N2O5/c1-28-18-12-16(13-19(29-2)20(18)30-3)22(27)25-11-10-23(14-25)9-8-15-6-4-5-7-17(15)21(26)24-23/h4-7,12-13H,8-11,14H2,1-3H3,(H,24,26)/t23-/m0/s1. The monoisotopic (exact) mass is 410 g/mol. The van der Waals surface area contributed by atoms with Crippen LogP contribution in [-0.2, 0) is 6.42 Å². The van der Waals surface area contributed by atoms with E-state index in [9.17, 15) is 9.59 Å². The van der Waals surface area contributed by atoms with Gasteiger partial charge < -0.3 is 24.4 Å². The molecule has 7 nitrogen and oxygen atoms in total. The Morgan fingerprint density at radius 2 is 1.73 bits per heavy atom. The summed E-state index contributed by atoms with van der Waals surface area (Å²) in [5.74, 6) is 1.13. The maximum absolute atomic E-state index is 13.3. The number of methoxy groups -OCH3 is 3. The van der Waals surface area contributed by atoms with Crippen molar-refractivity contribution in [2.45, 2.75) is 24.8 Å². The van der Waals surface area contributed by atoms with E-state index in [2.05, 4.69) is 5.32 Å². The summed E-state index contributed by atoms with van der Waals surface area (Å²) in [5.41, 5.74) is 1.83. The molecule has 2 amide bonds. The Hall–Kier alpha value is -3.22. The van der Waals surface area contributed by atoms with Gasteiger partial charge in [0, 0.05) is 24.2 Å². The van der Waals surface area contributed by atoms with Gasteiger partial charge in [0.25, 0.3) is 11.8 Å². The van der Waals surface area contributed by atoms with Crippen LogP contribution in [0.15, 0.2) is 36.4 Å². The minimum Gasteiger partial charge on any atom is -0.493 e. The lowest BCUT2D eigenvalue weighted by molar-refractivity contribution is 0.0763. The van der Waals surface area contributed by atoms with Gasteiger partial charge >= 0.3 is 0 Å². The third-order valence-corrected chi connectivity index (χ3v) is 6.07. The predicted molar refractivity (Wildman–Crippen MR) is 112 cm³/mol. The Kier molecular flexibility index (Phi) is 5.28. The number of nitrogens with one attached hydrogen (secondary N) is 1. The molecule has 1 spiro atoms. The van der Waals surface area contributed by atoms with Gasteiger partial charge in [-0.05, 0) is 43.0 Å². The van der Waals surface area contributed by atoms with E-state index >= 15 is 0 Å². The zero-order valence-corrected chi connectivity index (χ0v) is 17.5. The van der Waals surface area contributed by atoms with Gasteiger partial charge in [0.05, 0.1) is 26.9 Å². The summed E-state index contributed by atoms with van der Waals surface area (Å²) in [6.07, 6.45) is 2.33. The first-order valence-electron chi connectivity index (χ1n) is 10.00. The molecule has 158 valence electrons. The smallest absolute Gasteiger partial charge is 0.254 e. The number of hydrogen-bond acceptors (Lipinski definition) is 5. The Labute approximate surface area is 175 Å². The van der Waals surface area contributed by atoms with Gasteiger partial charge in [-0.3, -0.25) is 9.59 Å². The molecule has 0 bridgehead atoms. The van der Waals surface area contributed by atoms with E-state index in [1.807, 2.05) is 24.3 Å². The minimum absolute atomic E-state index is 0.0646. The molecule has 2 aliphatic rings. The molecule has 1 fully saturated rings. The van der Waals surface area contributed by atoms with E-state index in [4.69, 9.17) is 14.2 Å². The lowest BCUT2D eigenvalue weighted by atomic mass is 9.91. The van der Waals surface area contributed by atoms with E-state index < -0.39 is 5.54 Å². The molecule has 2 aromatic carbocycles. The number of fused-ring (bicyclic) bond motifs is 1. The van der Waals surface area contributed by atoms with Crippen LogP contribution in [0.4, 0.5) is 0 Å². The van der Waals surface area contributed by atoms with E-state index in [1.165, 1.54) is 21.3 Å². The highest BCUT2D eigenvalue weighted by atomic mass is 16.5. The Bertz CT molecular complexity index is 964. The number of aryl methyl sites for hydroxylation is 1. The molecule has 2 heterocycles. The molecule has 0 unspecified atom stereocenters. The number of rotatable bonds is 4. The molecule has 2 aromatic rings. The van der Waals surface area contributed by atoms with Crippen molar-refractivity contribution in [2.75, 3.05) is 34.4 Å². The maximum Gasteiger partial charge on any atom is 0.254 e. The van der Waals surface area contributed by atoms with Crippen molar-refractivity contribution in [3.8, 4) is 17.2 Å². The Morgan fingerprint density at radius 1 is 1.03 bits per heavy atom. The molecular weight excluding hydrogens is 384 g/mol. The largest absolute Gasteiger partial charge is 0.493 e. The number of hydrogen-bond donors (Lipinski definition) is 1.